The summed E-state index contributed by atoms with van der Waals surface area (Å²) in [4.78, 5) is 25.9. The first-order valence-electron chi connectivity index (χ1n) is 7.42. The highest BCUT2D eigenvalue weighted by Gasteiger charge is 2.24. The van der Waals surface area contributed by atoms with Crippen molar-refractivity contribution in [2.45, 2.75) is 52.1 Å². The second kappa shape index (κ2) is 9.88. The molecule has 20 heavy (non-hydrogen) atoms. The van der Waals surface area contributed by atoms with Crippen molar-refractivity contribution in [3.63, 3.8) is 0 Å². The Balaban J connectivity index is 4.33. The van der Waals surface area contributed by atoms with Gasteiger partial charge in [-0.2, -0.15) is 0 Å². The van der Waals surface area contributed by atoms with Crippen LogP contribution in [0.5, 0.6) is 0 Å². The molecule has 0 unspecified atom stereocenters. The standard InChI is InChI=1S/C15H31N3O2/c1-11(2)14(16-4)15(20)17-13(12(3)19)9-7-8-10-18(5)6/h11,13-14,16H,7-10H2,1-6H3,(H,17,20)/t13-,14-/m0/s1. The number of nitrogens with one attached hydrogen (secondary N) is 2. The highest BCUT2D eigenvalue weighted by Crippen LogP contribution is 2.06. The quantitative estimate of drug-likeness (QED) is 0.589. The third kappa shape index (κ3) is 7.60. The van der Waals surface area contributed by atoms with Gasteiger partial charge in [0.05, 0.1) is 12.1 Å². The van der Waals surface area contributed by atoms with Crippen LogP contribution in [-0.2, 0) is 9.59 Å². The van der Waals surface area contributed by atoms with Crippen LogP contribution in [0.25, 0.3) is 0 Å². The molecule has 5 nitrogen and oxygen atoms in total. The van der Waals surface area contributed by atoms with E-state index in [1.54, 1.807) is 14.0 Å². The zero-order valence-corrected chi connectivity index (χ0v) is 13.8. The van der Waals surface area contributed by atoms with E-state index in [0.29, 0.717) is 6.42 Å². The van der Waals surface area contributed by atoms with Crippen molar-refractivity contribution in [2.24, 2.45) is 5.92 Å². The normalized spacial score (nSPS) is 14.4. The maximum absolute atomic E-state index is 12.1. The van der Waals surface area contributed by atoms with E-state index < -0.39 is 0 Å². The van der Waals surface area contributed by atoms with Crippen molar-refractivity contribution in [3.05, 3.63) is 0 Å². The van der Waals surface area contributed by atoms with Gasteiger partial charge in [-0.25, -0.2) is 0 Å². The molecule has 0 radical (unpaired) electrons. The van der Waals surface area contributed by atoms with Crippen LogP contribution in [0.3, 0.4) is 0 Å². The summed E-state index contributed by atoms with van der Waals surface area (Å²) in [5, 5.41) is 5.87. The van der Waals surface area contributed by atoms with Gasteiger partial charge < -0.3 is 15.5 Å². The monoisotopic (exact) mass is 285 g/mol. The van der Waals surface area contributed by atoms with Gasteiger partial charge in [0.15, 0.2) is 5.78 Å². The lowest BCUT2D eigenvalue weighted by atomic mass is 10.0. The Morgan fingerprint density at radius 2 is 1.75 bits per heavy atom. The molecule has 0 aromatic carbocycles. The predicted octanol–water partition coefficient (Wildman–Crippen LogP) is 1.04. The lowest BCUT2D eigenvalue weighted by Crippen LogP contribution is -2.51. The van der Waals surface area contributed by atoms with Gasteiger partial charge in [-0.3, -0.25) is 9.59 Å². The molecular formula is C15H31N3O2. The van der Waals surface area contributed by atoms with Gasteiger partial charge in [0, 0.05) is 0 Å². The molecule has 0 aliphatic carbocycles. The number of nitrogens with zero attached hydrogens (tertiary/aromatic N) is 1. The number of carbonyl (C=O) groups excluding carboxylic acids is 2. The van der Waals surface area contributed by atoms with E-state index in [0.717, 1.165) is 19.4 Å². The number of Topliss-reactive ketones (excluding diaryl/α,β-unsaturated/α-hetero) is 1. The van der Waals surface area contributed by atoms with Gasteiger partial charge in [0.2, 0.25) is 5.91 Å². The molecule has 0 saturated carbocycles. The smallest absolute Gasteiger partial charge is 0.237 e. The van der Waals surface area contributed by atoms with Crippen LogP contribution in [-0.4, -0.2) is 56.4 Å². The third-order valence-electron chi connectivity index (χ3n) is 3.42. The van der Waals surface area contributed by atoms with Gasteiger partial charge >= 0.3 is 0 Å². The van der Waals surface area contributed by atoms with Crippen LogP contribution in [0.15, 0.2) is 0 Å². The number of likely N-dealkylation sites (N-methyl/N-ethyl adjacent to an activating group) is 1. The van der Waals surface area contributed by atoms with Crippen molar-refractivity contribution in [2.75, 3.05) is 27.7 Å². The summed E-state index contributed by atoms with van der Waals surface area (Å²) in [7, 11) is 5.83. The van der Waals surface area contributed by atoms with Crippen LogP contribution in [0.1, 0.15) is 40.0 Å². The highest BCUT2D eigenvalue weighted by molar-refractivity contribution is 5.89. The molecule has 0 spiro atoms. The van der Waals surface area contributed by atoms with Gasteiger partial charge in [0.25, 0.3) is 0 Å². The van der Waals surface area contributed by atoms with Gasteiger partial charge in [-0.15, -0.1) is 0 Å². The molecule has 0 aliphatic rings. The van der Waals surface area contributed by atoms with Gasteiger partial charge in [-0.05, 0) is 59.8 Å². The lowest BCUT2D eigenvalue weighted by molar-refractivity contribution is -0.129. The Hall–Kier alpha value is -0.940. The van der Waals surface area contributed by atoms with E-state index in [1.807, 2.05) is 27.9 Å². The Bertz CT molecular complexity index is 303. The number of hydrogen-bond donors (Lipinski definition) is 2. The maximum atomic E-state index is 12.1. The average molecular weight is 285 g/mol. The fraction of sp³-hybridized carbons (Fsp3) is 0.867. The first kappa shape index (κ1) is 19.1. The van der Waals surface area contributed by atoms with E-state index >= 15 is 0 Å². The molecule has 1 amide bonds. The fourth-order valence-corrected chi connectivity index (χ4v) is 2.18. The van der Waals surface area contributed by atoms with Gasteiger partial charge in [-0.1, -0.05) is 13.8 Å². The fourth-order valence-electron chi connectivity index (χ4n) is 2.18. The first-order chi connectivity index (χ1) is 9.29. The molecule has 0 heterocycles. The molecule has 2 atom stereocenters. The number of carbonyl (C=O) groups is 2. The first-order valence-corrected chi connectivity index (χ1v) is 7.42. The van der Waals surface area contributed by atoms with E-state index in [-0.39, 0.29) is 29.7 Å². The lowest BCUT2D eigenvalue weighted by Gasteiger charge is -2.23. The van der Waals surface area contributed by atoms with Crippen LogP contribution in [0.2, 0.25) is 0 Å². The minimum absolute atomic E-state index is 0.0295. The van der Waals surface area contributed by atoms with Gasteiger partial charge in [0.1, 0.15) is 0 Å². The predicted molar refractivity (Wildman–Crippen MR) is 82.7 cm³/mol. The van der Waals surface area contributed by atoms with Crippen molar-refractivity contribution in [1.82, 2.24) is 15.5 Å². The molecule has 0 aliphatic heterocycles. The molecular weight excluding hydrogens is 254 g/mol. The van der Waals surface area contributed by atoms with Crippen molar-refractivity contribution < 1.29 is 9.59 Å². The summed E-state index contributed by atoms with van der Waals surface area (Å²) in [5.74, 6) is 0.137. The van der Waals surface area contributed by atoms with E-state index in [2.05, 4.69) is 15.5 Å². The molecule has 0 rings (SSSR count). The van der Waals surface area contributed by atoms with Crippen molar-refractivity contribution in [1.29, 1.82) is 0 Å². The number of rotatable bonds is 10. The molecule has 2 N–H and O–H groups in total. The molecule has 5 heteroatoms. The summed E-state index contributed by atoms with van der Waals surface area (Å²) >= 11 is 0. The van der Waals surface area contributed by atoms with E-state index in [9.17, 15) is 9.59 Å². The molecule has 0 bridgehead atoms. The highest BCUT2D eigenvalue weighted by atomic mass is 16.2. The third-order valence-corrected chi connectivity index (χ3v) is 3.42. The largest absolute Gasteiger partial charge is 0.345 e. The van der Waals surface area contributed by atoms with Crippen LogP contribution in [0, 0.1) is 5.92 Å². The number of amides is 1. The Morgan fingerprint density at radius 1 is 1.15 bits per heavy atom. The zero-order valence-electron chi connectivity index (χ0n) is 13.8. The SMILES string of the molecule is CN[C@H](C(=O)N[C@@H](CCCCN(C)C)C(C)=O)C(C)C. The Morgan fingerprint density at radius 3 is 2.15 bits per heavy atom. The molecule has 118 valence electrons. The zero-order chi connectivity index (χ0) is 15.7. The van der Waals surface area contributed by atoms with Crippen LogP contribution >= 0.6 is 0 Å². The number of ketones is 1. The topological polar surface area (TPSA) is 61.4 Å². The van der Waals surface area contributed by atoms with E-state index in [1.165, 1.54) is 0 Å². The van der Waals surface area contributed by atoms with Crippen molar-refractivity contribution in [3.8, 4) is 0 Å². The second-order valence-corrected chi connectivity index (χ2v) is 5.98. The van der Waals surface area contributed by atoms with Crippen LogP contribution < -0.4 is 10.6 Å². The second-order valence-electron chi connectivity index (χ2n) is 5.98. The maximum Gasteiger partial charge on any atom is 0.237 e. The summed E-state index contributed by atoms with van der Waals surface area (Å²) in [5.41, 5.74) is 0. The Labute approximate surface area is 123 Å². The van der Waals surface area contributed by atoms with Crippen LogP contribution in [0.4, 0.5) is 0 Å². The minimum atomic E-state index is -0.362. The molecule has 0 aromatic heterocycles. The average Bonchev–Trinajstić information content (AvgIpc) is 2.32. The summed E-state index contributed by atoms with van der Waals surface area (Å²) in [6.07, 6.45) is 2.68. The minimum Gasteiger partial charge on any atom is -0.345 e. The molecule has 0 aromatic rings. The molecule has 0 saturated heterocycles. The summed E-state index contributed by atoms with van der Waals surface area (Å²) in [6, 6.07) is -0.613. The summed E-state index contributed by atoms with van der Waals surface area (Å²) in [6.45, 7) is 6.52. The number of unbranched alkanes of at least 4 members (excludes halogenated alkanes) is 1. The van der Waals surface area contributed by atoms with Crippen molar-refractivity contribution >= 4 is 11.7 Å². The summed E-state index contributed by atoms with van der Waals surface area (Å²) < 4.78 is 0. The van der Waals surface area contributed by atoms with E-state index in [4.69, 9.17) is 0 Å². The number of hydrogen-bond acceptors (Lipinski definition) is 4. The molecule has 0 fully saturated rings. The Kier molecular flexibility index (Phi) is 9.42.